The van der Waals surface area contributed by atoms with Gasteiger partial charge in [-0.05, 0) is 23.6 Å². The average molecular weight is 252 g/mol. The van der Waals surface area contributed by atoms with Gasteiger partial charge >= 0.3 is 0 Å². The Morgan fingerprint density at radius 2 is 1.74 bits per heavy atom. The molecule has 1 aliphatic rings. The zero-order valence-corrected chi connectivity index (χ0v) is 11.1. The molecule has 0 bridgehead atoms. The molecule has 1 aliphatic heterocycles. The van der Waals surface area contributed by atoms with E-state index in [-0.39, 0.29) is 0 Å². The van der Waals surface area contributed by atoms with Gasteiger partial charge in [-0.3, -0.25) is 0 Å². The van der Waals surface area contributed by atoms with Crippen molar-refractivity contribution in [3.63, 3.8) is 0 Å². The highest BCUT2D eigenvalue weighted by Crippen LogP contribution is 2.32. The molecule has 1 saturated heterocycles. The molecule has 2 aromatic carbocycles. The van der Waals surface area contributed by atoms with E-state index in [4.69, 9.17) is 5.73 Å². The Morgan fingerprint density at radius 3 is 2.53 bits per heavy atom. The van der Waals surface area contributed by atoms with Gasteiger partial charge in [0.2, 0.25) is 0 Å². The molecule has 2 nitrogen and oxygen atoms in total. The molecule has 98 valence electrons. The first-order chi connectivity index (χ1) is 9.38. The molecule has 2 aromatic rings. The molecule has 3 rings (SSSR count). The Morgan fingerprint density at radius 1 is 1.00 bits per heavy atom. The maximum Gasteiger partial charge on any atom is 0.0411 e. The van der Waals surface area contributed by atoms with Crippen LogP contribution in [0.5, 0.6) is 0 Å². The average Bonchev–Trinajstić information content (AvgIpc) is 2.98. The van der Waals surface area contributed by atoms with Crippen LogP contribution in [-0.4, -0.2) is 13.1 Å². The summed E-state index contributed by atoms with van der Waals surface area (Å²) in [6.45, 7) is 2.83. The van der Waals surface area contributed by atoms with Gasteiger partial charge < -0.3 is 10.6 Å². The fraction of sp³-hybridized carbons (Fsp3) is 0.294. The summed E-state index contributed by atoms with van der Waals surface area (Å²) in [6, 6.07) is 19.3. The second kappa shape index (κ2) is 5.45. The van der Waals surface area contributed by atoms with E-state index in [1.807, 2.05) is 0 Å². The Kier molecular flexibility index (Phi) is 3.51. The highest BCUT2D eigenvalue weighted by Gasteiger charge is 2.24. The molecule has 0 saturated carbocycles. The van der Waals surface area contributed by atoms with Gasteiger partial charge in [-0.15, -0.1) is 0 Å². The van der Waals surface area contributed by atoms with Gasteiger partial charge in [-0.25, -0.2) is 0 Å². The molecular weight excluding hydrogens is 232 g/mol. The van der Waals surface area contributed by atoms with E-state index in [1.165, 1.54) is 23.2 Å². The van der Waals surface area contributed by atoms with Crippen molar-refractivity contribution < 1.29 is 0 Å². The third-order valence-electron chi connectivity index (χ3n) is 4.01. The normalized spacial score (nSPS) is 18.8. The Labute approximate surface area is 114 Å². The van der Waals surface area contributed by atoms with Crippen LogP contribution in [0.2, 0.25) is 0 Å². The third kappa shape index (κ3) is 2.49. The van der Waals surface area contributed by atoms with Gasteiger partial charge in [0.25, 0.3) is 0 Å². The molecule has 0 radical (unpaired) electrons. The van der Waals surface area contributed by atoms with Crippen molar-refractivity contribution in [2.24, 2.45) is 5.73 Å². The van der Waals surface area contributed by atoms with Crippen LogP contribution in [0.1, 0.15) is 23.5 Å². The lowest BCUT2D eigenvalue weighted by Crippen LogP contribution is -2.21. The van der Waals surface area contributed by atoms with E-state index in [9.17, 15) is 0 Å². The number of nitrogens with zero attached hydrogens (tertiary/aromatic N) is 1. The SMILES string of the molecule is NCc1ccccc1N1CCC(c2ccccc2)C1. The lowest BCUT2D eigenvalue weighted by atomic mass is 9.99. The number of anilines is 1. The van der Waals surface area contributed by atoms with Gasteiger partial charge in [-0.1, -0.05) is 48.5 Å². The highest BCUT2D eigenvalue weighted by atomic mass is 15.2. The number of rotatable bonds is 3. The first kappa shape index (κ1) is 12.2. The quantitative estimate of drug-likeness (QED) is 0.909. The molecule has 0 aliphatic carbocycles. The van der Waals surface area contributed by atoms with Gasteiger partial charge in [0.15, 0.2) is 0 Å². The van der Waals surface area contributed by atoms with Crippen LogP contribution in [-0.2, 0) is 6.54 Å². The molecule has 2 N–H and O–H groups in total. The number of benzene rings is 2. The zero-order valence-electron chi connectivity index (χ0n) is 11.1. The van der Waals surface area contributed by atoms with E-state index in [2.05, 4.69) is 59.5 Å². The van der Waals surface area contributed by atoms with Crippen molar-refractivity contribution >= 4 is 5.69 Å². The highest BCUT2D eigenvalue weighted by molar-refractivity contribution is 5.55. The Balaban J connectivity index is 1.79. The summed E-state index contributed by atoms with van der Waals surface area (Å²) in [5, 5.41) is 0. The summed E-state index contributed by atoms with van der Waals surface area (Å²) in [4.78, 5) is 2.47. The maximum absolute atomic E-state index is 5.84. The molecule has 1 unspecified atom stereocenters. The lowest BCUT2D eigenvalue weighted by molar-refractivity contribution is 0.775. The second-order valence-corrected chi connectivity index (χ2v) is 5.18. The minimum atomic E-state index is 0.614. The van der Waals surface area contributed by atoms with E-state index in [0.717, 1.165) is 13.1 Å². The molecule has 19 heavy (non-hydrogen) atoms. The van der Waals surface area contributed by atoms with Gasteiger partial charge in [-0.2, -0.15) is 0 Å². The molecule has 0 aromatic heterocycles. The Bertz CT molecular complexity index is 536. The molecule has 1 heterocycles. The van der Waals surface area contributed by atoms with Gasteiger partial charge in [0, 0.05) is 31.2 Å². The summed E-state index contributed by atoms with van der Waals surface area (Å²) >= 11 is 0. The smallest absolute Gasteiger partial charge is 0.0411 e. The minimum Gasteiger partial charge on any atom is -0.371 e. The molecule has 2 heteroatoms. The predicted octanol–water partition coefficient (Wildman–Crippen LogP) is 3.14. The van der Waals surface area contributed by atoms with Gasteiger partial charge in [0.1, 0.15) is 0 Å². The van der Waals surface area contributed by atoms with E-state index >= 15 is 0 Å². The van der Waals surface area contributed by atoms with Crippen LogP contribution in [0.15, 0.2) is 54.6 Å². The molecule has 0 spiro atoms. The van der Waals surface area contributed by atoms with Crippen molar-refractivity contribution in [2.75, 3.05) is 18.0 Å². The Hall–Kier alpha value is -1.80. The van der Waals surface area contributed by atoms with Crippen molar-refractivity contribution in [1.29, 1.82) is 0 Å². The second-order valence-electron chi connectivity index (χ2n) is 5.18. The number of nitrogens with two attached hydrogens (primary N) is 1. The zero-order chi connectivity index (χ0) is 13.1. The number of para-hydroxylation sites is 1. The largest absolute Gasteiger partial charge is 0.371 e. The molecule has 0 amide bonds. The summed E-state index contributed by atoms with van der Waals surface area (Å²) in [6.07, 6.45) is 1.23. The van der Waals surface area contributed by atoms with Crippen molar-refractivity contribution in [1.82, 2.24) is 0 Å². The van der Waals surface area contributed by atoms with Crippen molar-refractivity contribution in [3.05, 3.63) is 65.7 Å². The fourth-order valence-corrected chi connectivity index (χ4v) is 2.97. The fourth-order valence-electron chi connectivity index (χ4n) is 2.97. The summed E-state index contributed by atoms with van der Waals surface area (Å²) in [7, 11) is 0. The van der Waals surface area contributed by atoms with Crippen molar-refractivity contribution in [2.45, 2.75) is 18.9 Å². The summed E-state index contributed by atoms with van der Waals surface area (Å²) < 4.78 is 0. The van der Waals surface area contributed by atoms with Gasteiger partial charge in [0.05, 0.1) is 0 Å². The number of hydrogen-bond acceptors (Lipinski definition) is 2. The van der Waals surface area contributed by atoms with Crippen molar-refractivity contribution in [3.8, 4) is 0 Å². The van der Waals surface area contributed by atoms with Crippen LogP contribution >= 0.6 is 0 Å². The lowest BCUT2D eigenvalue weighted by Gasteiger charge is -2.21. The number of hydrogen-bond donors (Lipinski definition) is 1. The van der Waals surface area contributed by atoms with Crippen LogP contribution in [0.25, 0.3) is 0 Å². The predicted molar refractivity (Wildman–Crippen MR) is 80.3 cm³/mol. The van der Waals surface area contributed by atoms with Crippen LogP contribution in [0, 0.1) is 0 Å². The van der Waals surface area contributed by atoms with Crippen LogP contribution in [0.4, 0.5) is 5.69 Å². The van der Waals surface area contributed by atoms with E-state index in [1.54, 1.807) is 0 Å². The topological polar surface area (TPSA) is 29.3 Å². The first-order valence-electron chi connectivity index (χ1n) is 6.96. The minimum absolute atomic E-state index is 0.614. The van der Waals surface area contributed by atoms with Crippen LogP contribution < -0.4 is 10.6 Å². The van der Waals surface area contributed by atoms with E-state index in [0.29, 0.717) is 12.5 Å². The maximum atomic E-state index is 5.84. The molecule has 1 atom stereocenters. The monoisotopic (exact) mass is 252 g/mol. The summed E-state index contributed by atoms with van der Waals surface area (Å²) in [5.74, 6) is 0.645. The molecular formula is C17H20N2. The summed E-state index contributed by atoms with van der Waals surface area (Å²) in [5.41, 5.74) is 9.85. The standard InChI is InChI=1S/C17H20N2/c18-12-15-8-4-5-9-17(15)19-11-10-16(13-19)14-6-2-1-3-7-14/h1-9,16H,10-13,18H2. The first-order valence-corrected chi connectivity index (χ1v) is 6.96. The van der Waals surface area contributed by atoms with E-state index < -0.39 is 0 Å². The molecule has 1 fully saturated rings. The van der Waals surface area contributed by atoms with Crippen LogP contribution in [0.3, 0.4) is 0 Å². The third-order valence-corrected chi connectivity index (χ3v) is 4.01.